The smallest absolute Gasteiger partial charge is 0.410 e. The molecule has 0 spiro atoms. The summed E-state index contributed by atoms with van der Waals surface area (Å²) in [5, 5.41) is 13.3. The average molecular weight is 340 g/mol. The molecule has 23 heavy (non-hydrogen) atoms. The first-order chi connectivity index (χ1) is 10.7. The zero-order chi connectivity index (χ0) is 17.0. The summed E-state index contributed by atoms with van der Waals surface area (Å²) in [6, 6.07) is 0.450. The highest BCUT2D eigenvalue weighted by atomic mass is 32.1. The summed E-state index contributed by atoms with van der Waals surface area (Å²) in [6.07, 6.45) is 3.93. The number of anilines is 1. The van der Waals surface area contributed by atoms with E-state index >= 15 is 0 Å². The Hall–Kier alpha value is -1.37. The van der Waals surface area contributed by atoms with Crippen LogP contribution in [0.25, 0.3) is 0 Å². The lowest BCUT2D eigenvalue weighted by Gasteiger charge is -2.38. The second-order valence-electron chi connectivity index (χ2n) is 7.23. The van der Waals surface area contributed by atoms with Crippen LogP contribution in [0.15, 0.2) is 0 Å². The minimum Gasteiger partial charge on any atom is -0.444 e. The topological polar surface area (TPSA) is 67.4 Å². The molecule has 2 heterocycles. The van der Waals surface area contributed by atoms with Crippen LogP contribution in [0, 0.1) is 6.92 Å². The summed E-state index contributed by atoms with van der Waals surface area (Å²) in [5.74, 6) is 0. The molecule has 1 aromatic heterocycles. The molecule has 0 radical (unpaired) electrons. The number of amides is 1. The largest absolute Gasteiger partial charge is 0.444 e. The van der Waals surface area contributed by atoms with Gasteiger partial charge in [-0.05, 0) is 60.3 Å². The van der Waals surface area contributed by atoms with Gasteiger partial charge < -0.3 is 15.0 Å². The van der Waals surface area contributed by atoms with Gasteiger partial charge in [-0.15, -0.1) is 10.2 Å². The number of nitrogens with zero attached hydrogens (tertiary/aromatic N) is 3. The molecule has 1 N–H and O–H groups in total. The van der Waals surface area contributed by atoms with Crippen LogP contribution in [0.1, 0.15) is 58.4 Å². The monoisotopic (exact) mass is 340 g/mol. The van der Waals surface area contributed by atoms with E-state index in [1.54, 1.807) is 11.3 Å². The van der Waals surface area contributed by atoms with E-state index in [0.717, 1.165) is 42.4 Å². The van der Waals surface area contributed by atoms with Gasteiger partial charge in [0.05, 0.1) is 0 Å². The van der Waals surface area contributed by atoms with Gasteiger partial charge in [-0.2, -0.15) is 0 Å². The molecule has 1 fully saturated rings. The maximum atomic E-state index is 12.4. The van der Waals surface area contributed by atoms with Gasteiger partial charge in [0.2, 0.25) is 5.13 Å². The molecule has 2 atom stereocenters. The number of likely N-dealkylation sites (tertiary alicyclic amines) is 1. The Balaban J connectivity index is 1.93. The zero-order valence-electron chi connectivity index (χ0n) is 14.8. The zero-order valence-corrected chi connectivity index (χ0v) is 15.6. The molecular weight excluding hydrogens is 312 g/mol. The molecule has 2 rings (SSSR count). The van der Waals surface area contributed by atoms with Crippen molar-refractivity contribution in [1.29, 1.82) is 0 Å². The number of carbonyl (C=O) groups excluding carboxylic acids is 1. The molecule has 0 bridgehead atoms. The number of rotatable bonds is 4. The van der Waals surface area contributed by atoms with E-state index in [9.17, 15) is 4.79 Å². The predicted octanol–water partition coefficient (Wildman–Crippen LogP) is 3.83. The van der Waals surface area contributed by atoms with Crippen LogP contribution in [-0.4, -0.2) is 45.4 Å². The van der Waals surface area contributed by atoms with Crippen molar-refractivity contribution < 1.29 is 9.53 Å². The van der Waals surface area contributed by atoms with Gasteiger partial charge >= 0.3 is 6.09 Å². The summed E-state index contributed by atoms with van der Waals surface area (Å²) >= 11 is 1.55. The van der Waals surface area contributed by atoms with Crippen molar-refractivity contribution >= 4 is 22.6 Å². The maximum absolute atomic E-state index is 12.4. The number of ether oxygens (including phenoxy) is 1. The van der Waals surface area contributed by atoms with Gasteiger partial charge in [0, 0.05) is 18.6 Å². The number of nitrogens with one attached hydrogen (secondary N) is 1. The Morgan fingerprint density at radius 3 is 2.78 bits per heavy atom. The molecule has 1 amide bonds. The molecule has 0 saturated carbocycles. The van der Waals surface area contributed by atoms with Gasteiger partial charge in [-0.1, -0.05) is 11.3 Å². The van der Waals surface area contributed by atoms with E-state index in [2.05, 4.69) is 22.4 Å². The highest BCUT2D eigenvalue weighted by molar-refractivity contribution is 7.15. The van der Waals surface area contributed by atoms with E-state index in [0.29, 0.717) is 0 Å². The summed E-state index contributed by atoms with van der Waals surface area (Å²) in [4.78, 5) is 14.3. The van der Waals surface area contributed by atoms with Gasteiger partial charge in [0.25, 0.3) is 0 Å². The number of hydrogen-bond acceptors (Lipinski definition) is 6. The maximum Gasteiger partial charge on any atom is 0.410 e. The molecule has 2 unspecified atom stereocenters. The highest BCUT2D eigenvalue weighted by Crippen LogP contribution is 2.25. The lowest BCUT2D eigenvalue weighted by Crippen LogP contribution is -2.47. The third kappa shape index (κ3) is 5.64. The van der Waals surface area contributed by atoms with E-state index in [1.807, 2.05) is 32.6 Å². The van der Waals surface area contributed by atoms with Crippen molar-refractivity contribution in [2.75, 3.05) is 11.9 Å². The number of hydrogen-bond donors (Lipinski definition) is 1. The van der Waals surface area contributed by atoms with E-state index < -0.39 is 5.60 Å². The lowest BCUT2D eigenvalue weighted by atomic mass is 9.97. The van der Waals surface area contributed by atoms with Crippen molar-refractivity contribution in [3.8, 4) is 0 Å². The SMILES string of the molecule is Cc1nnc(NC(C)CC2CCCCN2C(=O)OC(C)(C)C)s1. The minimum absolute atomic E-state index is 0.193. The molecule has 1 aromatic rings. The Morgan fingerprint density at radius 1 is 1.43 bits per heavy atom. The second-order valence-corrected chi connectivity index (χ2v) is 8.41. The average Bonchev–Trinajstić information content (AvgIpc) is 2.82. The second kappa shape index (κ2) is 7.47. The quantitative estimate of drug-likeness (QED) is 0.902. The molecule has 7 heteroatoms. The molecule has 1 aliphatic rings. The third-order valence-electron chi connectivity index (χ3n) is 3.78. The predicted molar refractivity (Wildman–Crippen MR) is 92.9 cm³/mol. The summed E-state index contributed by atoms with van der Waals surface area (Å²) in [7, 11) is 0. The standard InChI is InChI=1S/C16H28N4O2S/c1-11(17-14-19-18-12(2)23-14)10-13-8-6-7-9-20(13)15(21)22-16(3,4)5/h11,13H,6-10H2,1-5H3,(H,17,19). The molecule has 1 saturated heterocycles. The fraction of sp³-hybridized carbons (Fsp3) is 0.812. The normalized spacial score (nSPS) is 20.2. The number of aromatic nitrogens is 2. The Bertz CT molecular complexity index is 526. The fourth-order valence-corrected chi connectivity index (χ4v) is 3.54. The minimum atomic E-state index is -0.451. The van der Waals surface area contributed by atoms with Crippen LogP contribution >= 0.6 is 11.3 Å². The molecule has 130 valence electrons. The van der Waals surface area contributed by atoms with Gasteiger partial charge in [0.1, 0.15) is 10.6 Å². The van der Waals surface area contributed by atoms with Crippen LogP contribution < -0.4 is 5.32 Å². The van der Waals surface area contributed by atoms with Crippen LogP contribution in [0.4, 0.5) is 9.93 Å². The molecule has 6 nitrogen and oxygen atoms in total. The van der Waals surface area contributed by atoms with Crippen LogP contribution in [-0.2, 0) is 4.74 Å². The van der Waals surface area contributed by atoms with E-state index in [4.69, 9.17) is 4.74 Å². The molecule has 1 aliphatic heterocycles. The van der Waals surface area contributed by atoms with E-state index in [1.165, 1.54) is 0 Å². The van der Waals surface area contributed by atoms with Crippen LogP contribution in [0.5, 0.6) is 0 Å². The summed E-state index contributed by atoms with van der Waals surface area (Å²) in [5.41, 5.74) is -0.451. The summed E-state index contributed by atoms with van der Waals surface area (Å²) < 4.78 is 5.56. The van der Waals surface area contributed by atoms with Gasteiger partial charge in [0.15, 0.2) is 0 Å². The Kier molecular flexibility index (Phi) is 5.84. The van der Waals surface area contributed by atoms with Crippen molar-refractivity contribution in [3.05, 3.63) is 5.01 Å². The number of carbonyl (C=O) groups is 1. The lowest BCUT2D eigenvalue weighted by molar-refractivity contribution is 0.00852. The first-order valence-electron chi connectivity index (χ1n) is 8.31. The van der Waals surface area contributed by atoms with Crippen molar-refractivity contribution in [3.63, 3.8) is 0 Å². The van der Waals surface area contributed by atoms with Crippen molar-refractivity contribution in [2.45, 2.75) is 78.0 Å². The van der Waals surface area contributed by atoms with E-state index in [-0.39, 0.29) is 18.2 Å². The number of aryl methyl sites for hydroxylation is 1. The molecule has 0 aliphatic carbocycles. The molecule has 0 aromatic carbocycles. The van der Waals surface area contributed by atoms with Crippen LogP contribution in [0.3, 0.4) is 0 Å². The number of piperidine rings is 1. The van der Waals surface area contributed by atoms with Crippen molar-refractivity contribution in [1.82, 2.24) is 15.1 Å². The Labute approximate surface area is 142 Å². The Morgan fingerprint density at radius 2 is 2.17 bits per heavy atom. The first kappa shape index (κ1) is 18.0. The van der Waals surface area contributed by atoms with Gasteiger partial charge in [-0.3, -0.25) is 0 Å². The molecular formula is C16H28N4O2S. The van der Waals surface area contributed by atoms with Gasteiger partial charge in [-0.25, -0.2) is 4.79 Å². The van der Waals surface area contributed by atoms with Crippen LogP contribution in [0.2, 0.25) is 0 Å². The fourth-order valence-electron chi connectivity index (χ4n) is 2.84. The van der Waals surface area contributed by atoms with Crippen molar-refractivity contribution in [2.24, 2.45) is 0 Å². The summed E-state index contributed by atoms with van der Waals surface area (Å²) in [6.45, 7) is 10.6. The highest BCUT2D eigenvalue weighted by Gasteiger charge is 2.31. The first-order valence-corrected chi connectivity index (χ1v) is 9.12. The third-order valence-corrected chi connectivity index (χ3v) is 4.55.